The number of rotatable bonds is 5. The van der Waals surface area contributed by atoms with Crippen molar-refractivity contribution in [2.45, 2.75) is 0 Å². The van der Waals surface area contributed by atoms with E-state index in [1.165, 1.54) is 0 Å². The van der Waals surface area contributed by atoms with Crippen molar-refractivity contribution in [2.75, 3.05) is 0 Å². The maximum atomic E-state index is 4.64. The van der Waals surface area contributed by atoms with Gasteiger partial charge in [-0.2, -0.15) is 0 Å². The average molecular weight is 311 g/mol. The molecule has 0 bridgehead atoms. The summed E-state index contributed by atoms with van der Waals surface area (Å²) in [6.07, 6.45) is 5.26. The zero-order chi connectivity index (χ0) is 16.8. The highest BCUT2D eigenvalue weighted by molar-refractivity contribution is 5.73. The normalized spacial score (nSPS) is 11.1. The average Bonchev–Trinajstić information content (AvgIpc) is 2.67. The monoisotopic (exact) mass is 311 g/mol. The molecule has 3 rings (SSSR count). The fourth-order valence-electron chi connectivity index (χ4n) is 2.30. The predicted octanol–water partition coefficient (Wildman–Crippen LogP) is 4.96. The smallest absolute Gasteiger partial charge is 0.164 e. The number of hydrogen-bond donors (Lipinski definition) is 0. The summed E-state index contributed by atoms with van der Waals surface area (Å²) in [7, 11) is 0. The highest BCUT2D eigenvalue weighted by Crippen LogP contribution is 2.22. The summed E-state index contributed by atoms with van der Waals surface area (Å²) in [5.74, 6) is 1.85. The van der Waals surface area contributed by atoms with Crippen molar-refractivity contribution in [2.24, 2.45) is 0 Å². The van der Waals surface area contributed by atoms with Crippen LogP contribution < -0.4 is 0 Å². The van der Waals surface area contributed by atoms with Gasteiger partial charge < -0.3 is 0 Å². The van der Waals surface area contributed by atoms with Gasteiger partial charge in [0.05, 0.1) is 0 Å². The van der Waals surface area contributed by atoms with Crippen LogP contribution >= 0.6 is 0 Å². The highest BCUT2D eigenvalue weighted by Gasteiger charge is 2.11. The molecule has 0 aliphatic heterocycles. The molecule has 0 amide bonds. The number of hydrogen-bond acceptors (Lipinski definition) is 3. The Kier molecular flexibility index (Phi) is 4.73. The second kappa shape index (κ2) is 7.29. The minimum absolute atomic E-state index is 0.581. The molecule has 1 aromatic heterocycles. The van der Waals surface area contributed by atoms with Crippen LogP contribution in [0, 0.1) is 0 Å². The Balaban J connectivity index is 2.21. The Morgan fingerprint density at radius 1 is 0.708 bits per heavy atom. The summed E-state index contributed by atoms with van der Waals surface area (Å²) < 4.78 is 0. The molecule has 3 nitrogen and oxygen atoms in total. The second-order valence-electron chi connectivity index (χ2n) is 5.10. The first-order valence-corrected chi connectivity index (χ1v) is 7.64. The van der Waals surface area contributed by atoms with Crippen molar-refractivity contribution in [1.82, 2.24) is 15.0 Å². The van der Waals surface area contributed by atoms with Gasteiger partial charge in [0, 0.05) is 16.7 Å². The molecule has 3 aromatic rings. The Morgan fingerprint density at radius 3 is 1.62 bits per heavy atom. The van der Waals surface area contributed by atoms with Crippen LogP contribution in [-0.2, 0) is 0 Å². The molecule has 0 fully saturated rings. The maximum Gasteiger partial charge on any atom is 0.164 e. The molecule has 24 heavy (non-hydrogen) atoms. The van der Waals surface area contributed by atoms with E-state index in [0.29, 0.717) is 17.5 Å². The summed E-state index contributed by atoms with van der Waals surface area (Å²) in [5, 5.41) is 0. The quantitative estimate of drug-likeness (QED) is 0.625. The largest absolute Gasteiger partial charge is 0.208 e. The summed E-state index contributed by atoms with van der Waals surface area (Å²) in [4.78, 5) is 13.9. The van der Waals surface area contributed by atoms with Gasteiger partial charge in [0.2, 0.25) is 0 Å². The molecular formula is C21H17N3. The minimum atomic E-state index is 0.581. The molecular weight excluding hydrogens is 294 g/mol. The van der Waals surface area contributed by atoms with E-state index in [-0.39, 0.29) is 0 Å². The van der Waals surface area contributed by atoms with Crippen molar-refractivity contribution in [3.63, 3.8) is 0 Å². The Hall–Kier alpha value is -3.33. The molecule has 0 saturated heterocycles. The number of benzene rings is 2. The van der Waals surface area contributed by atoms with Gasteiger partial charge in [-0.1, -0.05) is 92.0 Å². The van der Waals surface area contributed by atoms with Crippen molar-refractivity contribution in [3.05, 3.63) is 97.9 Å². The first-order chi connectivity index (χ1) is 11.8. The highest BCUT2D eigenvalue weighted by atomic mass is 15.0. The molecule has 3 heteroatoms. The molecule has 0 saturated carbocycles. The summed E-state index contributed by atoms with van der Waals surface area (Å²) in [5.41, 5.74) is 2.70. The predicted molar refractivity (Wildman–Crippen MR) is 99.1 cm³/mol. The minimum Gasteiger partial charge on any atom is -0.208 e. The molecule has 0 atom stereocenters. The van der Waals surface area contributed by atoms with Gasteiger partial charge in [-0.15, -0.1) is 0 Å². The third-order valence-electron chi connectivity index (χ3n) is 3.47. The third-order valence-corrected chi connectivity index (χ3v) is 3.47. The second-order valence-corrected chi connectivity index (χ2v) is 5.10. The lowest BCUT2D eigenvalue weighted by Gasteiger charge is -2.08. The van der Waals surface area contributed by atoms with Crippen molar-refractivity contribution in [1.29, 1.82) is 0 Å². The zero-order valence-electron chi connectivity index (χ0n) is 13.3. The molecule has 0 aliphatic carbocycles. The van der Waals surface area contributed by atoms with Gasteiger partial charge >= 0.3 is 0 Å². The Morgan fingerprint density at radius 2 is 1.21 bits per heavy atom. The van der Waals surface area contributed by atoms with Crippen LogP contribution in [0.1, 0.15) is 5.82 Å². The van der Waals surface area contributed by atoms with Crippen LogP contribution in [0.2, 0.25) is 0 Å². The lowest BCUT2D eigenvalue weighted by molar-refractivity contribution is 1.04. The van der Waals surface area contributed by atoms with Crippen molar-refractivity contribution < 1.29 is 0 Å². The van der Waals surface area contributed by atoms with Crippen LogP contribution in [0.3, 0.4) is 0 Å². The van der Waals surface area contributed by atoms with Gasteiger partial charge in [-0.25, -0.2) is 15.0 Å². The van der Waals surface area contributed by atoms with Crippen molar-refractivity contribution in [3.8, 4) is 22.8 Å². The molecule has 0 aliphatic rings. The van der Waals surface area contributed by atoms with Crippen LogP contribution in [0.5, 0.6) is 0 Å². The first-order valence-electron chi connectivity index (χ1n) is 7.64. The fourth-order valence-corrected chi connectivity index (χ4v) is 2.30. The SMILES string of the molecule is C=CC=C(C=C)c1nc(-c2ccccc2)nc(-c2ccccc2)n1. The fraction of sp³-hybridized carbons (Fsp3) is 0. The van der Waals surface area contributed by atoms with E-state index in [1.54, 1.807) is 12.2 Å². The standard InChI is InChI=1S/C21H17N3/c1-3-11-16(4-2)19-22-20(17-12-7-5-8-13-17)24-21(23-19)18-14-9-6-10-15-18/h3-15H,1-2H2. The zero-order valence-corrected chi connectivity index (χ0v) is 13.3. The summed E-state index contributed by atoms with van der Waals surface area (Å²) in [6, 6.07) is 19.7. The molecule has 2 aromatic carbocycles. The molecule has 1 heterocycles. The maximum absolute atomic E-state index is 4.64. The van der Waals surface area contributed by atoms with E-state index < -0.39 is 0 Å². The molecule has 0 spiro atoms. The van der Waals surface area contributed by atoms with E-state index >= 15 is 0 Å². The van der Waals surface area contributed by atoms with Gasteiger partial charge in [0.15, 0.2) is 17.5 Å². The third kappa shape index (κ3) is 3.36. The van der Waals surface area contributed by atoms with Crippen LogP contribution in [0.4, 0.5) is 0 Å². The molecule has 0 radical (unpaired) electrons. The number of nitrogens with zero attached hydrogens (tertiary/aromatic N) is 3. The summed E-state index contributed by atoms with van der Waals surface area (Å²) in [6.45, 7) is 7.58. The van der Waals surface area contributed by atoms with Gasteiger partial charge in [-0.05, 0) is 0 Å². The van der Waals surface area contributed by atoms with Gasteiger partial charge in [0.25, 0.3) is 0 Å². The van der Waals surface area contributed by atoms with E-state index in [1.807, 2.05) is 66.7 Å². The van der Waals surface area contributed by atoms with Gasteiger partial charge in [0.1, 0.15) is 0 Å². The van der Waals surface area contributed by atoms with Crippen LogP contribution in [0.25, 0.3) is 28.3 Å². The van der Waals surface area contributed by atoms with E-state index in [4.69, 9.17) is 0 Å². The number of allylic oxidation sites excluding steroid dienone is 4. The van der Waals surface area contributed by atoms with Crippen LogP contribution in [0.15, 0.2) is 92.0 Å². The van der Waals surface area contributed by atoms with E-state index in [9.17, 15) is 0 Å². The van der Waals surface area contributed by atoms with Crippen molar-refractivity contribution >= 4 is 5.57 Å². The molecule has 0 N–H and O–H groups in total. The van der Waals surface area contributed by atoms with E-state index in [0.717, 1.165) is 16.7 Å². The topological polar surface area (TPSA) is 38.7 Å². The Labute approximate surface area is 141 Å². The number of aromatic nitrogens is 3. The molecule has 116 valence electrons. The summed E-state index contributed by atoms with van der Waals surface area (Å²) >= 11 is 0. The van der Waals surface area contributed by atoms with Crippen LogP contribution in [-0.4, -0.2) is 15.0 Å². The Bertz CT molecular complexity index is 824. The van der Waals surface area contributed by atoms with E-state index in [2.05, 4.69) is 28.1 Å². The van der Waals surface area contributed by atoms with Gasteiger partial charge in [-0.3, -0.25) is 0 Å². The first kappa shape index (κ1) is 15.6. The molecule has 0 unspecified atom stereocenters. The lowest BCUT2D eigenvalue weighted by Crippen LogP contribution is -2.02. The lowest BCUT2D eigenvalue weighted by atomic mass is 10.1.